The van der Waals surface area contributed by atoms with Crippen LogP contribution in [0.25, 0.3) is 0 Å². The van der Waals surface area contributed by atoms with Gasteiger partial charge in [-0.3, -0.25) is 19.7 Å². The molecule has 2 aromatic carbocycles. The lowest BCUT2D eigenvalue weighted by Crippen LogP contribution is -2.22. The van der Waals surface area contributed by atoms with E-state index in [4.69, 9.17) is 4.74 Å². The van der Waals surface area contributed by atoms with Gasteiger partial charge in [0.05, 0.1) is 11.3 Å². The molecular formula is C18H19N3O5S. The smallest absolute Gasteiger partial charge is 0.308 e. The molecule has 1 amide bonds. The third kappa shape index (κ3) is 6.63. The first-order valence-corrected chi connectivity index (χ1v) is 9.29. The summed E-state index contributed by atoms with van der Waals surface area (Å²) in [5, 5.41) is 16.4. The second kappa shape index (κ2) is 10.2. The number of rotatable bonds is 9. The molecule has 8 nitrogen and oxygen atoms in total. The number of nitro benzene ring substituents is 1. The third-order valence-corrected chi connectivity index (χ3v) is 4.19. The molecular weight excluding hydrogens is 370 g/mol. The number of thioether (sulfide) groups is 1. The molecule has 0 atom stereocenters. The molecule has 0 saturated carbocycles. The molecule has 0 saturated heterocycles. The average molecular weight is 389 g/mol. The van der Waals surface area contributed by atoms with E-state index in [1.54, 1.807) is 36.0 Å². The molecule has 2 N–H and O–H groups in total. The molecule has 0 radical (unpaired) electrons. The van der Waals surface area contributed by atoms with Gasteiger partial charge in [-0.05, 0) is 30.5 Å². The minimum absolute atomic E-state index is 0.0265. The molecule has 0 aliphatic rings. The van der Waals surface area contributed by atoms with E-state index in [2.05, 4.69) is 10.6 Å². The van der Waals surface area contributed by atoms with E-state index >= 15 is 0 Å². The minimum atomic E-state index is -0.575. The summed E-state index contributed by atoms with van der Waals surface area (Å²) in [6, 6.07) is 13.5. The molecule has 0 aromatic heterocycles. The van der Waals surface area contributed by atoms with Gasteiger partial charge < -0.3 is 15.4 Å². The highest BCUT2D eigenvalue weighted by Gasteiger charge is 2.13. The van der Waals surface area contributed by atoms with E-state index < -0.39 is 23.4 Å². The van der Waals surface area contributed by atoms with Crippen LogP contribution in [0.3, 0.4) is 0 Å². The van der Waals surface area contributed by atoms with Gasteiger partial charge in [-0.2, -0.15) is 0 Å². The Balaban J connectivity index is 1.73. The van der Waals surface area contributed by atoms with E-state index in [9.17, 15) is 19.7 Å². The van der Waals surface area contributed by atoms with Crippen LogP contribution < -0.4 is 10.6 Å². The average Bonchev–Trinajstić information content (AvgIpc) is 2.67. The third-order valence-electron chi connectivity index (χ3n) is 3.46. The fraction of sp³-hybridized carbons (Fsp3) is 0.222. The second-order valence-corrected chi connectivity index (χ2v) is 6.27. The van der Waals surface area contributed by atoms with Gasteiger partial charge in [-0.15, -0.1) is 11.8 Å². The number of benzene rings is 2. The van der Waals surface area contributed by atoms with E-state index in [0.717, 1.165) is 4.90 Å². The molecule has 0 heterocycles. The Morgan fingerprint density at radius 2 is 1.96 bits per heavy atom. The van der Waals surface area contributed by atoms with Crippen LogP contribution in [0.15, 0.2) is 53.4 Å². The van der Waals surface area contributed by atoms with Crippen LogP contribution in [0, 0.1) is 10.1 Å². The lowest BCUT2D eigenvalue weighted by molar-refractivity contribution is -0.384. The van der Waals surface area contributed by atoms with Crippen molar-refractivity contribution in [3.8, 4) is 0 Å². The largest absolute Gasteiger partial charge is 0.456 e. The number of carbonyl (C=O) groups excluding carboxylic acids is 2. The Morgan fingerprint density at radius 3 is 2.70 bits per heavy atom. The molecule has 2 rings (SSSR count). The van der Waals surface area contributed by atoms with E-state index in [0.29, 0.717) is 11.4 Å². The van der Waals surface area contributed by atoms with Crippen LogP contribution in [0.4, 0.5) is 17.1 Å². The molecule has 0 spiro atoms. The first-order chi connectivity index (χ1) is 13.0. The summed E-state index contributed by atoms with van der Waals surface area (Å²) < 4.78 is 4.92. The monoisotopic (exact) mass is 389 g/mol. The first-order valence-electron chi connectivity index (χ1n) is 8.06. The molecule has 142 valence electrons. The predicted molar refractivity (Wildman–Crippen MR) is 104 cm³/mol. The van der Waals surface area contributed by atoms with E-state index in [1.807, 2.05) is 24.5 Å². The van der Waals surface area contributed by atoms with Crippen LogP contribution in [0.2, 0.25) is 0 Å². The number of ether oxygens (including phenoxy) is 1. The van der Waals surface area contributed by atoms with Crippen molar-refractivity contribution in [2.45, 2.75) is 11.3 Å². The first kappa shape index (κ1) is 20.2. The normalized spacial score (nSPS) is 10.1. The molecule has 2 aromatic rings. The Bertz CT molecular complexity index is 828. The molecule has 9 heteroatoms. The van der Waals surface area contributed by atoms with Gasteiger partial charge in [-0.1, -0.05) is 18.2 Å². The van der Waals surface area contributed by atoms with Crippen molar-refractivity contribution in [2.75, 3.05) is 30.0 Å². The Kier molecular flexibility index (Phi) is 7.63. The van der Waals surface area contributed by atoms with Crippen molar-refractivity contribution in [1.29, 1.82) is 0 Å². The van der Waals surface area contributed by atoms with E-state index in [1.165, 1.54) is 6.07 Å². The summed E-state index contributed by atoms with van der Waals surface area (Å²) in [5.41, 5.74) is 0.875. The van der Waals surface area contributed by atoms with Crippen molar-refractivity contribution >= 4 is 40.7 Å². The summed E-state index contributed by atoms with van der Waals surface area (Å²) in [6.45, 7) is -0.241. The molecule has 0 aliphatic carbocycles. The Hall–Kier alpha value is -3.07. The Labute approximate surface area is 160 Å². The van der Waals surface area contributed by atoms with Crippen molar-refractivity contribution in [2.24, 2.45) is 0 Å². The predicted octanol–water partition coefficient (Wildman–Crippen LogP) is 3.30. The molecule has 0 aliphatic heterocycles. The van der Waals surface area contributed by atoms with Gasteiger partial charge in [0.2, 0.25) is 0 Å². The fourth-order valence-corrected chi connectivity index (χ4v) is 2.66. The summed E-state index contributed by atoms with van der Waals surface area (Å²) >= 11 is 1.55. The van der Waals surface area contributed by atoms with Gasteiger partial charge >= 0.3 is 5.97 Å². The maximum absolute atomic E-state index is 11.8. The van der Waals surface area contributed by atoms with Crippen molar-refractivity contribution < 1.29 is 19.2 Å². The van der Waals surface area contributed by atoms with Gasteiger partial charge in [-0.25, -0.2) is 0 Å². The topological polar surface area (TPSA) is 111 Å². The SMILES string of the molecule is CSc1cccc(NC(=O)COC(=O)CCNc2ccccc2[N+](=O)[O-])c1. The molecule has 0 unspecified atom stereocenters. The van der Waals surface area contributed by atoms with Crippen molar-refractivity contribution in [3.05, 3.63) is 58.6 Å². The van der Waals surface area contributed by atoms with Crippen LogP contribution in [-0.4, -0.2) is 36.2 Å². The van der Waals surface area contributed by atoms with E-state index in [-0.39, 0.29) is 18.7 Å². The second-order valence-electron chi connectivity index (χ2n) is 5.39. The summed E-state index contributed by atoms with van der Waals surface area (Å²) in [7, 11) is 0. The quantitative estimate of drug-likeness (QED) is 0.293. The standard InChI is InChI=1S/C18H19N3O5S/c1-27-14-6-4-5-13(11-14)20-17(22)12-26-18(23)9-10-19-15-7-2-3-8-16(15)21(24)25/h2-8,11,19H,9-10,12H2,1H3,(H,20,22). The summed E-state index contributed by atoms with van der Waals surface area (Å²) in [6.07, 6.45) is 1.90. The highest BCUT2D eigenvalue weighted by molar-refractivity contribution is 7.98. The number of para-hydroxylation sites is 2. The summed E-state index contributed by atoms with van der Waals surface area (Å²) in [5.74, 6) is -1.01. The number of nitro groups is 1. The molecule has 0 bridgehead atoms. The number of esters is 1. The van der Waals surface area contributed by atoms with Gasteiger partial charge in [0.25, 0.3) is 11.6 Å². The highest BCUT2D eigenvalue weighted by Crippen LogP contribution is 2.23. The van der Waals surface area contributed by atoms with Gasteiger partial charge in [0, 0.05) is 23.2 Å². The van der Waals surface area contributed by atoms with Crippen LogP contribution in [0.5, 0.6) is 0 Å². The molecule has 0 fully saturated rings. The summed E-state index contributed by atoms with van der Waals surface area (Å²) in [4.78, 5) is 35.0. The Morgan fingerprint density at radius 1 is 1.19 bits per heavy atom. The number of nitrogens with zero attached hydrogens (tertiary/aromatic N) is 1. The maximum atomic E-state index is 11.8. The fourth-order valence-electron chi connectivity index (χ4n) is 2.20. The van der Waals surface area contributed by atoms with Crippen molar-refractivity contribution in [3.63, 3.8) is 0 Å². The maximum Gasteiger partial charge on any atom is 0.308 e. The zero-order valence-electron chi connectivity index (χ0n) is 14.6. The van der Waals surface area contributed by atoms with Crippen molar-refractivity contribution in [1.82, 2.24) is 0 Å². The van der Waals surface area contributed by atoms with Crippen LogP contribution in [0.1, 0.15) is 6.42 Å². The lowest BCUT2D eigenvalue weighted by atomic mass is 10.2. The number of nitrogens with one attached hydrogen (secondary N) is 2. The number of anilines is 2. The zero-order chi connectivity index (χ0) is 19.6. The van der Waals surface area contributed by atoms with Gasteiger partial charge in [0.15, 0.2) is 6.61 Å². The molecule has 27 heavy (non-hydrogen) atoms. The van der Waals surface area contributed by atoms with Crippen LogP contribution >= 0.6 is 11.8 Å². The number of carbonyl (C=O) groups is 2. The lowest BCUT2D eigenvalue weighted by Gasteiger charge is -2.09. The minimum Gasteiger partial charge on any atom is -0.456 e. The zero-order valence-corrected chi connectivity index (χ0v) is 15.5. The highest BCUT2D eigenvalue weighted by atomic mass is 32.2. The van der Waals surface area contributed by atoms with Crippen LogP contribution in [-0.2, 0) is 14.3 Å². The van der Waals surface area contributed by atoms with Gasteiger partial charge in [0.1, 0.15) is 5.69 Å². The number of amides is 1. The number of hydrogen-bond acceptors (Lipinski definition) is 7. The number of hydrogen-bond donors (Lipinski definition) is 2.